The number of piperidine rings is 2. The van der Waals surface area contributed by atoms with Gasteiger partial charge in [-0.2, -0.15) is 0 Å². The molecular formula is C13H21N3O2. The van der Waals surface area contributed by atoms with Gasteiger partial charge in [-0.3, -0.25) is 9.59 Å². The zero-order valence-electron chi connectivity index (χ0n) is 10.7. The van der Waals surface area contributed by atoms with Crippen LogP contribution in [0, 0.1) is 0 Å². The van der Waals surface area contributed by atoms with Gasteiger partial charge in [-0.25, -0.2) is 0 Å². The van der Waals surface area contributed by atoms with Gasteiger partial charge in [0, 0.05) is 44.1 Å². The second-order valence-electron chi connectivity index (χ2n) is 5.67. The highest BCUT2D eigenvalue weighted by atomic mass is 16.2. The van der Waals surface area contributed by atoms with E-state index in [0.717, 1.165) is 25.8 Å². The van der Waals surface area contributed by atoms with Crippen molar-refractivity contribution >= 4 is 11.8 Å². The van der Waals surface area contributed by atoms with Gasteiger partial charge in [0.05, 0.1) is 0 Å². The van der Waals surface area contributed by atoms with E-state index < -0.39 is 0 Å². The molecule has 3 rings (SSSR count). The minimum Gasteiger partial charge on any atom is -0.355 e. The molecule has 100 valence electrons. The first kappa shape index (κ1) is 12.0. The van der Waals surface area contributed by atoms with Gasteiger partial charge >= 0.3 is 0 Å². The average molecular weight is 251 g/mol. The number of hydrogen-bond acceptors (Lipinski definition) is 3. The van der Waals surface area contributed by atoms with Crippen LogP contribution in [0.15, 0.2) is 0 Å². The average Bonchev–Trinajstić information content (AvgIpc) is 2.70. The van der Waals surface area contributed by atoms with Crippen LogP contribution in [-0.2, 0) is 9.59 Å². The lowest BCUT2D eigenvalue weighted by Gasteiger charge is -2.35. The molecule has 3 saturated heterocycles. The minimum atomic E-state index is 0.148. The Morgan fingerprint density at radius 1 is 1.22 bits per heavy atom. The van der Waals surface area contributed by atoms with Crippen LogP contribution in [-0.4, -0.2) is 47.9 Å². The highest BCUT2D eigenvalue weighted by Crippen LogP contribution is 2.28. The van der Waals surface area contributed by atoms with Crippen molar-refractivity contribution in [3.63, 3.8) is 0 Å². The van der Waals surface area contributed by atoms with Crippen molar-refractivity contribution in [2.45, 2.75) is 56.7 Å². The van der Waals surface area contributed by atoms with Crippen molar-refractivity contribution in [3.8, 4) is 0 Å². The quantitative estimate of drug-likeness (QED) is 0.726. The van der Waals surface area contributed by atoms with E-state index in [4.69, 9.17) is 0 Å². The molecule has 3 aliphatic rings. The molecule has 0 saturated carbocycles. The summed E-state index contributed by atoms with van der Waals surface area (Å²) in [5.74, 6) is 0.451. The Hall–Kier alpha value is -1.10. The molecule has 5 nitrogen and oxygen atoms in total. The predicted octanol–water partition coefficient (Wildman–Crippen LogP) is 0.00800. The van der Waals surface area contributed by atoms with Gasteiger partial charge in [-0.15, -0.1) is 0 Å². The van der Waals surface area contributed by atoms with Crippen LogP contribution >= 0.6 is 0 Å². The van der Waals surface area contributed by atoms with Gasteiger partial charge in [0.15, 0.2) is 0 Å². The van der Waals surface area contributed by atoms with Gasteiger partial charge < -0.3 is 15.5 Å². The van der Waals surface area contributed by atoms with Gasteiger partial charge in [-0.1, -0.05) is 0 Å². The molecule has 0 aliphatic carbocycles. The van der Waals surface area contributed by atoms with Crippen molar-refractivity contribution in [1.82, 2.24) is 15.5 Å². The predicted molar refractivity (Wildman–Crippen MR) is 66.9 cm³/mol. The Labute approximate surface area is 107 Å². The highest BCUT2D eigenvalue weighted by molar-refractivity contribution is 5.80. The summed E-state index contributed by atoms with van der Waals surface area (Å²) in [4.78, 5) is 25.1. The Morgan fingerprint density at radius 3 is 2.89 bits per heavy atom. The van der Waals surface area contributed by atoms with E-state index in [1.54, 1.807) is 0 Å². The van der Waals surface area contributed by atoms with Crippen LogP contribution in [0.5, 0.6) is 0 Å². The molecule has 3 aliphatic heterocycles. The largest absolute Gasteiger partial charge is 0.355 e. The second kappa shape index (κ2) is 4.88. The van der Waals surface area contributed by atoms with E-state index in [1.165, 1.54) is 6.42 Å². The van der Waals surface area contributed by atoms with Crippen LogP contribution in [0.2, 0.25) is 0 Å². The molecule has 3 heterocycles. The standard InChI is InChI=1S/C13H21N3O2/c17-12-5-4-9(8-14-12)15-10-7-13(18)16-6-2-1-3-11(10)16/h9-11,15H,1-8H2,(H,14,17). The molecule has 3 atom stereocenters. The molecule has 0 spiro atoms. The highest BCUT2D eigenvalue weighted by Gasteiger charge is 2.41. The van der Waals surface area contributed by atoms with Gasteiger partial charge in [-0.05, 0) is 25.7 Å². The molecule has 0 radical (unpaired) electrons. The smallest absolute Gasteiger partial charge is 0.224 e. The zero-order chi connectivity index (χ0) is 12.5. The molecule has 2 amide bonds. The maximum absolute atomic E-state index is 11.9. The van der Waals surface area contributed by atoms with Crippen LogP contribution in [0.1, 0.15) is 38.5 Å². The fraction of sp³-hybridized carbons (Fsp3) is 0.846. The first-order valence-electron chi connectivity index (χ1n) is 7.06. The van der Waals surface area contributed by atoms with E-state index in [0.29, 0.717) is 37.4 Å². The third-order valence-electron chi connectivity index (χ3n) is 4.44. The van der Waals surface area contributed by atoms with Crippen molar-refractivity contribution in [1.29, 1.82) is 0 Å². The maximum atomic E-state index is 11.9. The van der Waals surface area contributed by atoms with Crippen LogP contribution in [0.25, 0.3) is 0 Å². The number of hydrogen-bond donors (Lipinski definition) is 2. The first-order chi connectivity index (χ1) is 8.74. The van der Waals surface area contributed by atoms with Crippen molar-refractivity contribution in [2.75, 3.05) is 13.1 Å². The lowest BCUT2D eigenvalue weighted by Crippen LogP contribution is -2.53. The van der Waals surface area contributed by atoms with Crippen molar-refractivity contribution in [2.24, 2.45) is 0 Å². The Morgan fingerprint density at radius 2 is 2.11 bits per heavy atom. The van der Waals surface area contributed by atoms with E-state index >= 15 is 0 Å². The summed E-state index contributed by atoms with van der Waals surface area (Å²) in [6, 6.07) is 1.02. The van der Waals surface area contributed by atoms with E-state index in [9.17, 15) is 9.59 Å². The fourth-order valence-electron chi connectivity index (χ4n) is 3.47. The van der Waals surface area contributed by atoms with Crippen LogP contribution in [0.3, 0.4) is 0 Å². The van der Waals surface area contributed by atoms with Gasteiger partial charge in [0.25, 0.3) is 0 Å². The Bertz CT molecular complexity index is 348. The molecule has 5 heteroatoms. The van der Waals surface area contributed by atoms with Crippen LogP contribution in [0.4, 0.5) is 0 Å². The molecule has 0 aromatic rings. The summed E-state index contributed by atoms with van der Waals surface area (Å²) in [6.45, 7) is 1.64. The minimum absolute atomic E-state index is 0.148. The first-order valence-corrected chi connectivity index (χ1v) is 7.06. The van der Waals surface area contributed by atoms with Crippen LogP contribution < -0.4 is 10.6 Å². The lowest BCUT2D eigenvalue weighted by atomic mass is 9.97. The molecule has 0 aromatic heterocycles. The topological polar surface area (TPSA) is 61.4 Å². The molecule has 0 aromatic carbocycles. The number of nitrogens with one attached hydrogen (secondary N) is 2. The second-order valence-corrected chi connectivity index (χ2v) is 5.67. The lowest BCUT2D eigenvalue weighted by molar-refractivity contribution is -0.129. The number of nitrogens with zero attached hydrogens (tertiary/aromatic N) is 1. The van der Waals surface area contributed by atoms with E-state index in [1.807, 2.05) is 0 Å². The van der Waals surface area contributed by atoms with E-state index in [-0.39, 0.29) is 11.9 Å². The van der Waals surface area contributed by atoms with E-state index in [2.05, 4.69) is 15.5 Å². The molecule has 18 heavy (non-hydrogen) atoms. The summed E-state index contributed by atoms with van der Waals surface area (Å²) >= 11 is 0. The third-order valence-corrected chi connectivity index (χ3v) is 4.44. The summed E-state index contributed by atoms with van der Waals surface area (Å²) in [6.07, 6.45) is 5.63. The number of carbonyl (C=O) groups excluding carboxylic acids is 2. The number of fused-ring (bicyclic) bond motifs is 1. The number of rotatable bonds is 2. The van der Waals surface area contributed by atoms with Gasteiger partial charge in [0.2, 0.25) is 11.8 Å². The molecule has 3 unspecified atom stereocenters. The zero-order valence-corrected chi connectivity index (χ0v) is 10.7. The summed E-state index contributed by atoms with van der Waals surface area (Å²) < 4.78 is 0. The third kappa shape index (κ3) is 2.23. The summed E-state index contributed by atoms with van der Waals surface area (Å²) in [5.41, 5.74) is 0. The summed E-state index contributed by atoms with van der Waals surface area (Å²) in [5, 5.41) is 6.48. The summed E-state index contributed by atoms with van der Waals surface area (Å²) in [7, 11) is 0. The molecule has 0 bridgehead atoms. The SMILES string of the molecule is O=C1CCC(NC2CC(=O)N3CCCCC23)CN1. The molecule has 3 fully saturated rings. The van der Waals surface area contributed by atoms with Crippen molar-refractivity contribution in [3.05, 3.63) is 0 Å². The fourth-order valence-corrected chi connectivity index (χ4v) is 3.47. The monoisotopic (exact) mass is 251 g/mol. The van der Waals surface area contributed by atoms with Crippen molar-refractivity contribution < 1.29 is 9.59 Å². The van der Waals surface area contributed by atoms with Gasteiger partial charge in [0.1, 0.15) is 0 Å². The number of amides is 2. The normalized spacial score (nSPS) is 36.4. The Balaban J connectivity index is 1.59. The number of carbonyl (C=O) groups is 2. The maximum Gasteiger partial charge on any atom is 0.224 e. The molecular weight excluding hydrogens is 230 g/mol. The molecule has 2 N–H and O–H groups in total. The Kier molecular flexibility index (Phi) is 3.24.